The van der Waals surface area contributed by atoms with E-state index in [0.717, 1.165) is 37.5 Å². The van der Waals surface area contributed by atoms with Gasteiger partial charge in [0.2, 0.25) is 0 Å². The van der Waals surface area contributed by atoms with Crippen molar-refractivity contribution in [3.8, 4) is 5.69 Å². The summed E-state index contributed by atoms with van der Waals surface area (Å²) in [5.41, 5.74) is 0.422. The number of nitrogens with one attached hydrogen (secondary N) is 1. The van der Waals surface area contributed by atoms with Crippen LogP contribution >= 0.6 is 0 Å². The van der Waals surface area contributed by atoms with Gasteiger partial charge in [-0.2, -0.15) is 4.68 Å². The number of rotatable bonds is 7. The molecule has 1 aromatic heterocycles. The molecule has 0 atom stereocenters. The first-order valence-corrected chi connectivity index (χ1v) is 11.4. The van der Waals surface area contributed by atoms with Crippen LogP contribution in [-0.4, -0.2) is 52.4 Å². The number of carbonyl (C=O) groups is 2. The van der Waals surface area contributed by atoms with Crippen LogP contribution in [-0.2, 0) is 19.8 Å². The molecule has 1 heterocycles. The Hall–Kier alpha value is -2.81. The maximum atomic E-state index is 12.4. The van der Waals surface area contributed by atoms with Gasteiger partial charge in [-0.25, -0.2) is 4.79 Å². The zero-order chi connectivity index (χ0) is 22.3. The molecule has 0 spiro atoms. The molecular weight excluding hydrogens is 410 g/mol. The molecule has 4 bridgehead atoms. The van der Waals surface area contributed by atoms with Crippen LogP contribution in [0.1, 0.15) is 55.2 Å². The number of nitrogens with zero attached hydrogens (tertiary/aromatic N) is 4. The minimum atomic E-state index is -0.549. The van der Waals surface area contributed by atoms with E-state index < -0.39 is 11.5 Å². The Morgan fingerprint density at radius 3 is 2.47 bits per heavy atom. The van der Waals surface area contributed by atoms with Crippen molar-refractivity contribution in [2.45, 2.75) is 44.6 Å². The predicted octanol–water partition coefficient (Wildman–Crippen LogP) is 2.25. The van der Waals surface area contributed by atoms with E-state index in [1.807, 2.05) is 12.1 Å². The largest absolute Gasteiger partial charge is 0.465 e. The molecular formula is C23H29N5O4. The molecule has 170 valence electrons. The number of ether oxygens (including phenoxy) is 2. The van der Waals surface area contributed by atoms with Gasteiger partial charge in [-0.15, -0.1) is 5.10 Å². The van der Waals surface area contributed by atoms with Gasteiger partial charge in [-0.3, -0.25) is 10.1 Å². The zero-order valence-corrected chi connectivity index (χ0v) is 18.5. The van der Waals surface area contributed by atoms with Crippen LogP contribution in [0.2, 0.25) is 0 Å². The Kier molecular flexibility index (Phi) is 5.44. The maximum absolute atomic E-state index is 12.4. The quantitative estimate of drug-likeness (QED) is 0.655. The minimum Gasteiger partial charge on any atom is -0.465 e. The highest BCUT2D eigenvalue weighted by molar-refractivity contribution is 5.93. The Balaban J connectivity index is 1.60. The fraction of sp³-hybridized carbons (Fsp3) is 0.609. The first kappa shape index (κ1) is 21.1. The highest BCUT2D eigenvalue weighted by Gasteiger charge is 2.60. The fourth-order valence-corrected chi connectivity index (χ4v) is 6.64. The Morgan fingerprint density at radius 1 is 1.12 bits per heavy atom. The summed E-state index contributed by atoms with van der Waals surface area (Å²) in [6, 6.07) is 7.17. The van der Waals surface area contributed by atoms with Gasteiger partial charge in [0.15, 0.2) is 5.82 Å². The van der Waals surface area contributed by atoms with Gasteiger partial charge in [0.1, 0.15) is 0 Å². The lowest BCUT2D eigenvalue weighted by atomic mass is 9.48. The van der Waals surface area contributed by atoms with Crippen molar-refractivity contribution in [3.63, 3.8) is 0 Å². The van der Waals surface area contributed by atoms with Gasteiger partial charge >= 0.3 is 11.9 Å². The maximum Gasteiger partial charge on any atom is 0.340 e. The lowest BCUT2D eigenvalue weighted by Crippen LogP contribution is -2.64. The third-order valence-corrected chi connectivity index (χ3v) is 7.63. The smallest absolute Gasteiger partial charge is 0.340 e. The standard InChI is InChI=1S/C23H29N5O4/c1-3-32-20(29)13-24-23(16-9-14-8-15(11-16)12-17(23)10-14)22-25-26-27-28(22)19-7-5-4-6-18(19)21(30)31-2/h4-7,14-17,24H,3,8-13H2,1-2H3. The first-order valence-electron chi connectivity index (χ1n) is 11.4. The summed E-state index contributed by atoms with van der Waals surface area (Å²) in [6.07, 6.45) is 5.67. The van der Waals surface area contributed by atoms with Crippen LogP contribution in [0.25, 0.3) is 5.69 Å². The Morgan fingerprint density at radius 2 is 1.81 bits per heavy atom. The Bertz CT molecular complexity index is 991. The molecule has 4 fully saturated rings. The number of benzene rings is 1. The summed E-state index contributed by atoms with van der Waals surface area (Å²) >= 11 is 0. The summed E-state index contributed by atoms with van der Waals surface area (Å²) in [5, 5.41) is 16.4. The molecule has 6 rings (SSSR count). The van der Waals surface area contributed by atoms with Crippen molar-refractivity contribution in [2.75, 3.05) is 20.3 Å². The SMILES string of the molecule is CCOC(=O)CNC1(c2nnnn2-c2ccccc2C(=O)OC)C2CC3CC(C2)CC1C3. The zero-order valence-electron chi connectivity index (χ0n) is 18.5. The van der Waals surface area contributed by atoms with Crippen molar-refractivity contribution < 1.29 is 19.1 Å². The number of methoxy groups -OCH3 is 1. The lowest BCUT2D eigenvalue weighted by Gasteiger charge is -2.60. The number of para-hydroxylation sites is 1. The van der Waals surface area contributed by atoms with Gasteiger partial charge in [-0.05, 0) is 85.3 Å². The number of aromatic nitrogens is 4. The second kappa shape index (κ2) is 8.27. The molecule has 4 saturated carbocycles. The molecule has 2 aromatic rings. The third kappa shape index (κ3) is 3.30. The van der Waals surface area contributed by atoms with Crippen LogP contribution in [0, 0.1) is 23.7 Å². The average Bonchev–Trinajstić information content (AvgIpc) is 3.28. The number of hydrogen-bond donors (Lipinski definition) is 1. The molecule has 0 radical (unpaired) electrons. The summed E-state index contributed by atoms with van der Waals surface area (Å²) in [5.74, 6) is 2.03. The molecule has 4 aliphatic carbocycles. The van der Waals surface area contributed by atoms with Crippen molar-refractivity contribution in [1.82, 2.24) is 25.5 Å². The number of hydrogen-bond acceptors (Lipinski definition) is 8. The van der Waals surface area contributed by atoms with E-state index in [1.54, 1.807) is 23.7 Å². The molecule has 32 heavy (non-hydrogen) atoms. The predicted molar refractivity (Wildman–Crippen MR) is 114 cm³/mol. The highest BCUT2D eigenvalue weighted by atomic mass is 16.5. The van der Waals surface area contributed by atoms with E-state index in [-0.39, 0.29) is 12.5 Å². The molecule has 9 nitrogen and oxygen atoms in total. The number of tetrazole rings is 1. The van der Waals surface area contributed by atoms with E-state index in [1.165, 1.54) is 13.5 Å². The van der Waals surface area contributed by atoms with Crippen LogP contribution in [0.3, 0.4) is 0 Å². The molecule has 9 heteroatoms. The van der Waals surface area contributed by atoms with Crippen LogP contribution in [0.15, 0.2) is 24.3 Å². The molecule has 0 unspecified atom stereocenters. The first-order chi connectivity index (χ1) is 15.6. The van der Waals surface area contributed by atoms with Gasteiger partial charge in [0.05, 0.1) is 37.1 Å². The van der Waals surface area contributed by atoms with E-state index in [4.69, 9.17) is 9.47 Å². The number of esters is 2. The van der Waals surface area contributed by atoms with Gasteiger partial charge < -0.3 is 9.47 Å². The minimum absolute atomic E-state index is 0.0989. The van der Waals surface area contributed by atoms with Crippen molar-refractivity contribution in [1.29, 1.82) is 0 Å². The molecule has 4 aliphatic rings. The fourth-order valence-electron chi connectivity index (χ4n) is 6.64. The van der Waals surface area contributed by atoms with Crippen molar-refractivity contribution in [3.05, 3.63) is 35.7 Å². The second-order valence-electron chi connectivity index (χ2n) is 9.26. The summed E-state index contributed by atoms with van der Waals surface area (Å²) in [6.45, 7) is 2.25. The average molecular weight is 440 g/mol. The lowest BCUT2D eigenvalue weighted by molar-refractivity contribution is -0.144. The molecule has 0 saturated heterocycles. The van der Waals surface area contributed by atoms with Crippen molar-refractivity contribution in [2.24, 2.45) is 23.7 Å². The van der Waals surface area contributed by atoms with E-state index in [0.29, 0.717) is 35.5 Å². The summed E-state index contributed by atoms with van der Waals surface area (Å²) < 4.78 is 11.9. The highest BCUT2D eigenvalue weighted by Crippen LogP contribution is 2.61. The van der Waals surface area contributed by atoms with Gasteiger partial charge in [0.25, 0.3) is 0 Å². The molecule has 1 N–H and O–H groups in total. The molecule has 1 aromatic carbocycles. The normalized spacial score (nSPS) is 30.3. The van der Waals surface area contributed by atoms with E-state index in [9.17, 15) is 9.59 Å². The number of carbonyl (C=O) groups excluding carboxylic acids is 2. The van der Waals surface area contributed by atoms with E-state index in [2.05, 4.69) is 20.8 Å². The topological polar surface area (TPSA) is 108 Å². The summed E-state index contributed by atoms with van der Waals surface area (Å²) in [7, 11) is 1.36. The van der Waals surface area contributed by atoms with Gasteiger partial charge in [-0.1, -0.05) is 12.1 Å². The second-order valence-corrected chi connectivity index (χ2v) is 9.26. The molecule has 0 amide bonds. The van der Waals surface area contributed by atoms with Crippen LogP contribution in [0.5, 0.6) is 0 Å². The third-order valence-electron chi connectivity index (χ3n) is 7.63. The van der Waals surface area contributed by atoms with Crippen LogP contribution < -0.4 is 5.32 Å². The molecule has 0 aliphatic heterocycles. The van der Waals surface area contributed by atoms with Crippen molar-refractivity contribution >= 4 is 11.9 Å². The van der Waals surface area contributed by atoms with Gasteiger partial charge in [0, 0.05) is 0 Å². The van der Waals surface area contributed by atoms with E-state index >= 15 is 0 Å². The summed E-state index contributed by atoms with van der Waals surface area (Å²) in [4.78, 5) is 24.8. The van der Waals surface area contributed by atoms with Crippen LogP contribution in [0.4, 0.5) is 0 Å². The monoisotopic (exact) mass is 439 g/mol. The Labute approximate surface area is 186 Å².